The molecule has 0 saturated heterocycles. The number of nitrogen functional groups attached to an aromatic ring is 1. The van der Waals surface area contributed by atoms with Gasteiger partial charge in [-0.05, 0) is 13.3 Å². The average molecular weight is 363 g/mol. The van der Waals surface area contributed by atoms with Crippen LogP contribution in [-0.4, -0.2) is 44.7 Å². The van der Waals surface area contributed by atoms with Crippen LogP contribution < -0.4 is 11.3 Å². The second-order valence-electron chi connectivity index (χ2n) is 6.48. The number of imidazole rings is 1. The minimum Gasteiger partial charge on any atom is -0.466 e. The smallest absolute Gasteiger partial charge is 0.302 e. The van der Waals surface area contributed by atoms with Gasteiger partial charge >= 0.3 is 11.9 Å². The first-order valence-corrected chi connectivity index (χ1v) is 8.29. The minimum absolute atomic E-state index is 0.0102. The van der Waals surface area contributed by atoms with E-state index in [2.05, 4.69) is 15.0 Å². The highest BCUT2D eigenvalue weighted by Crippen LogP contribution is 2.46. The lowest BCUT2D eigenvalue weighted by Crippen LogP contribution is -2.44. The van der Waals surface area contributed by atoms with Crippen molar-refractivity contribution in [2.24, 2.45) is 11.8 Å². The largest absolute Gasteiger partial charge is 0.466 e. The molecule has 2 heterocycles. The van der Waals surface area contributed by atoms with E-state index >= 15 is 0 Å². The fourth-order valence-electron chi connectivity index (χ4n) is 3.46. The number of esters is 2. The summed E-state index contributed by atoms with van der Waals surface area (Å²) in [6.07, 6.45) is 0.680. The molecule has 3 unspecified atom stereocenters. The highest BCUT2D eigenvalue weighted by Gasteiger charge is 2.44. The van der Waals surface area contributed by atoms with Gasteiger partial charge < -0.3 is 19.8 Å². The normalized spacial score (nSPS) is 22.0. The van der Waals surface area contributed by atoms with Gasteiger partial charge in [0.2, 0.25) is 5.95 Å². The third-order valence-electron chi connectivity index (χ3n) is 4.70. The first-order chi connectivity index (χ1) is 12.3. The van der Waals surface area contributed by atoms with Crippen LogP contribution in [0.15, 0.2) is 4.79 Å². The second kappa shape index (κ2) is 6.77. The molecule has 1 aliphatic carbocycles. The maximum Gasteiger partial charge on any atom is 0.302 e. The SMILES string of the molecule is CC(=O)OCC1CC(n2c(C)nc3c(=O)[nH]c(N)nc32)C1COC(C)=O. The number of fused-ring (bicyclic) bond motifs is 1. The number of hydrogen-bond donors (Lipinski definition) is 2. The van der Waals surface area contributed by atoms with E-state index in [0.717, 1.165) is 0 Å². The van der Waals surface area contributed by atoms with Crippen molar-refractivity contribution in [1.82, 2.24) is 19.5 Å². The van der Waals surface area contributed by atoms with E-state index in [0.29, 0.717) is 17.9 Å². The first-order valence-electron chi connectivity index (χ1n) is 8.29. The lowest BCUT2D eigenvalue weighted by molar-refractivity contribution is -0.152. The second-order valence-corrected chi connectivity index (χ2v) is 6.48. The molecular formula is C16H21N5O5. The van der Waals surface area contributed by atoms with Crippen LogP contribution in [0.2, 0.25) is 0 Å². The van der Waals surface area contributed by atoms with E-state index < -0.39 is 5.56 Å². The van der Waals surface area contributed by atoms with Crippen molar-refractivity contribution in [3.63, 3.8) is 0 Å². The van der Waals surface area contributed by atoms with E-state index in [1.807, 2.05) is 4.57 Å². The minimum atomic E-state index is -0.401. The van der Waals surface area contributed by atoms with Gasteiger partial charge in [-0.2, -0.15) is 4.98 Å². The summed E-state index contributed by atoms with van der Waals surface area (Å²) in [7, 11) is 0. The van der Waals surface area contributed by atoms with Crippen LogP contribution in [-0.2, 0) is 19.1 Å². The zero-order chi connectivity index (χ0) is 19.0. The molecule has 3 atom stereocenters. The first kappa shape index (κ1) is 17.9. The number of carbonyl (C=O) groups is 2. The van der Waals surface area contributed by atoms with E-state index in [1.54, 1.807) is 6.92 Å². The van der Waals surface area contributed by atoms with Gasteiger partial charge in [-0.3, -0.25) is 19.4 Å². The number of nitrogens with two attached hydrogens (primary N) is 1. The third kappa shape index (κ3) is 3.26. The number of anilines is 1. The van der Waals surface area contributed by atoms with Crippen LogP contribution >= 0.6 is 0 Å². The third-order valence-corrected chi connectivity index (χ3v) is 4.70. The summed E-state index contributed by atoms with van der Waals surface area (Å²) in [6.45, 7) is 4.90. The number of aryl methyl sites for hydroxylation is 1. The Kier molecular flexibility index (Phi) is 4.66. The average Bonchev–Trinajstić information content (AvgIpc) is 2.83. The molecule has 1 aliphatic rings. The van der Waals surface area contributed by atoms with Crippen molar-refractivity contribution in [1.29, 1.82) is 0 Å². The molecule has 10 nitrogen and oxygen atoms in total. The lowest BCUT2D eigenvalue weighted by Gasteiger charge is -2.44. The molecule has 140 valence electrons. The molecule has 2 aromatic heterocycles. The Labute approximate surface area is 148 Å². The molecule has 3 N–H and O–H groups in total. The van der Waals surface area contributed by atoms with Crippen molar-refractivity contribution < 1.29 is 19.1 Å². The highest BCUT2D eigenvalue weighted by atomic mass is 16.5. The number of hydrogen-bond acceptors (Lipinski definition) is 8. The van der Waals surface area contributed by atoms with Gasteiger partial charge in [-0.1, -0.05) is 0 Å². The summed E-state index contributed by atoms with van der Waals surface area (Å²) in [6, 6.07) is -0.0893. The lowest BCUT2D eigenvalue weighted by atomic mass is 9.69. The molecule has 0 spiro atoms. The number of aromatic nitrogens is 4. The highest BCUT2D eigenvalue weighted by molar-refractivity contribution is 5.71. The molecule has 0 amide bonds. The van der Waals surface area contributed by atoms with Gasteiger partial charge in [0.15, 0.2) is 11.2 Å². The molecular weight excluding hydrogens is 342 g/mol. The van der Waals surface area contributed by atoms with E-state index in [-0.39, 0.29) is 54.5 Å². The molecule has 0 radical (unpaired) electrons. The zero-order valence-corrected chi connectivity index (χ0v) is 14.8. The summed E-state index contributed by atoms with van der Waals surface area (Å²) in [5, 5.41) is 0. The molecule has 26 heavy (non-hydrogen) atoms. The number of carbonyl (C=O) groups excluding carboxylic acids is 2. The monoisotopic (exact) mass is 363 g/mol. The van der Waals surface area contributed by atoms with Gasteiger partial charge in [0, 0.05) is 31.7 Å². The Morgan fingerprint density at radius 1 is 1.23 bits per heavy atom. The molecule has 0 bridgehead atoms. The van der Waals surface area contributed by atoms with Crippen LogP contribution in [0.3, 0.4) is 0 Å². The Balaban J connectivity index is 1.93. The summed E-state index contributed by atoms with van der Waals surface area (Å²) in [5.74, 6) is -0.155. The van der Waals surface area contributed by atoms with Crippen LogP contribution in [0.5, 0.6) is 0 Å². The quantitative estimate of drug-likeness (QED) is 0.723. The Bertz CT molecular complexity index is 918. The van der Waals surface area contributed by atoms with Crippen molar-refractivity contribution in [2.75, 3.05) is 18.9 Å². The van der Waals surface area contributed by atoms with Gasteiger partial charge in [0.05, 0.1) is 13.2 Å². The number of nitrogens with one attached hydrogen (secondary N) is 1. The van der Waals surface area contributed by atoms with Crippen LogP contribution in [0, 0.1) is 18.8 Å². The van der Waals surface area contributed by atoms with Crippen molar-refractivity contribution in [2.45, 2.75) is 33.2 Å². The summed E-state index contributed by atoms with van der Waals surface area (Å²) < 4.78 is 12.1. The maximum absolute atomic E-state index is 12.1. The van der Waals surface area contributed by atoms with Gasteiger partial charge in [-0.15, -0.1) is 0 Å². The predicted octanol–water partition coefficient (Wildman–Crippen LogP) is 0.314. The van der Waals surface area contributed by atoms with Gasteiger partial charge in [-0.25, -0.2) is 4.98 Å². The van der Waals surface area contributed by atoms with Gasteiger partial charge in [0.1, 0.15) is 5.82 Å². The van der Waals surface area contributed by atoms with E-state index in [9.17, 15) is 14.4 Å². The number of H-pyrrole nitrogens is 1. The van der Waals surface area contributed by atoms with Gasteiger partial charge in [0.25, 0.3) is 5.56 Å². The summed E-state index contributed by atoms with van der Waals surface area (Å²) >= 11 is 0. The van der Waals surface area contributed by atoms with Crippen LogP contribution in [0.25, 0.3) is 11.2 Å². The Morgan fingerprint density at radius 3 is 2.54 bits per heavy atom. The molecule has 1 saturated carbocycles. The van der Waals surface area contributed by atoms with E-state index in [1.165, 1.54) is 13.8 Å². The van der Waals surface area contributed by atoms with Crippen LogP contribution in [0.1, 0.15) is 32.1 Å². The number of ether oxygens (including phenoxy) is 2. The molecule has 10 heteroatoms. The summed E-state index contributed by atoms with van der Waals surface area (Å²) in [4.78, 5) is 45.3. The van der Waals surface area contributed by atoms with Crippen molar-refractivity contribution in [3.05, 3.63) is 16.2 Å². The van der Waals surface area contributed by atoms with Crippen molar-refractivity contribution in [3.8, 4) is 0 Å². The van der Waals surface area contributed by atoms with E-state index in [4.69, 9.17) is 15.2 Å². The Hall–Kier alpha value is -2.91. The molecule has 2 aromatic rings. The molecule has 3 rings (SSSR count). The van der Waals surface area contributed by atoms with Crippen molar-refractivity contribution >= 4 is 29.1 Å². The maximum atomic E-state index is 12.1. The Morgan fingerprint density at radius 2 is 1.88 bits per heavy atom. The topological polar surface area (TPSA) is 142 Å². The number of aromatic amines is 1. The molecule has 0 aromatic carbocycles. The number of nitrogens with zero attached hydrogens (tertiary/aromatic N) is 3. The zero-order valence-electron chi connectivity index (χ0n) is 14.8. The summed E-state index contributed by atoms with van der Waals surface area (Å²) in [5.41, 5.74) is 5.88. The fraction of sp³-hybridized carbons (Fsp3) is 0.562. The molecule has 0 aliphatic heterocycles. The fourth-order valence-corrected chi connectivity index (χ4v) is 3.46. The number of rotatable bonds is 5. The predicted molar refractivity (Wildman–Crippen MR) is 91.2 cm³/mol. The standard InChI is InChI=1S/C16H21N5O5/c1-7-18-13-14(19-16(17)20-15(13)24)21(7)12-4-10(5-25-8(2)22)11(12)6-26-9(3)23/h10-12H,4-6H2,1-3H3,(H3,17,19,20,24). The molecule has 1 fully saturated rings. The van der Waals surface area contributed by atoms with Crippen LogP contribution in [0.4, 0.5) is 5.95 Å².